The van der Waals surface area contributed by atoms with Gasteiger partial charge in [-0.2, -0.15) is 5.10 Å². The molecule has 0 bridgehead atoms. The molecule has 24 heavy (non-hydrogen) atoms. The van der Waals surface area contributed by atoms with Crippen LogP contribution in [0.2, 0.25) is 0 Å². The van der Waals surface area contributed by atoms with Gasteiger partial charge in [0.25, 0.3) is 0 Å². The third-order valence-electron chi connectivity index (χ3n) is 3.52. The summed E-state index contributed by atoms with van der Waals surface area (Å²) in [4.78, 5) is 11.8. The molecule has 126 valence electrons. The quantitative estimate of drug-likeness (QED) is 0.625. The summed E-state index contributed by atoms with van der Waals surface area (Å²) < 4.78 is 17.4. The van der Waals surface area contributed by atoms with Crippen LogP contribution < -0.4 is 5.43 Å². The van der Waals surface area contributed by atoms with E-state index in [1.54, 1.807) is 13.0 Å². The fraction of sp³-hybridized carbons (Fsp3) is 0.294. The van der Waals surface area contributed by atoms with Crippen LogP contribution in [0, 0.1) is 0 Å². The van der Waals surface area contributed by atoms with Crippen molar-refractivity contribution < 1.29 is 18.7 Å². The third kappa shape index (κ3) is 4.31. The van der Waals surface area contributed by atoms with E-state index >= 15 is 0 Å². The van der Waals surface area contributed by atoms with E-state index in [-0.39, 0.29) is 12.3 Å². The van der Waals surface area contributed by atoms with E-state index in [9.17, 15) is 4.79 Å². The number of halogens is 1. The molecule has 1 fully saturated rings. The van der Waals surface area contributed by atoms with Crippen LogP contribution in [0.1, 0.15) is 19.1 Å². The molecule has 1 aromatic carbocycles. The summed E-state index contributed by atoms with van der Waals surface area (Å²) >= 11 is 3.40. The summed E-state index contributed by atoms with van der Waals surface area (Å²) in [6.45, 7) is 2.73. The molecule has 1 aliphatic heterocycles. The lowest BCUT2D eigenvalue weighted by Gasteiger charge is -2.20. The van der Waals surface area contributed by atoms with Gasteiger partial charge in [-0.3, -0.25) is 4.79 Å². The number of furan rings is 1. The maximum absolute atomic E-state index is 11.8. The van der Waals surface area contributed by atoms with Gasteiger partial charge >= 0.3 is 0 Å². The van der Waals surface area contributed by atoms with Crippen molar-refractivity contribution in [2.24, 2.45) is 5.10 Å². The second kappa shape index (κ2) is 7.29. The minimum Gasteiger partial charge on any atom is -0.455 e. The highest BCUT2D eigenvalue weighted by atomic mass is 79.9. The normalized spacial score (nSPS) is 16.6. The molecule has 2 aromatic rings. The minimum absolute atomic E-state index is 0.0899. The zero-order chi connectivity index (χ0) is 17.0. The van der Waals surface area contributed by atoms with Crippen LogP contribution in [-0.4, -0.2) is 31.1 Å². The molecule has 0 atom stereocenters. The van der Waals surface area contributed by atoms with Crippen LogP contribution in [0.5, 0.6) is 0 Å². The standard InChI is InChI=1S/C17H17BrN2O4/c1-17(22-8-9-23-17)10-16(21)20-19-11-14-6-7-15(24-14)12-2-4-13(18)5-3-12/h2-7,11H,8-10H2,1H3,(H,20,21). The van der Waals surface area contributed by atoms with E-state index in [1.165, 1.54) is 6.21 Å². The Morgan fingerprint density at radius 1 is 1.25 bits per heavy atom. The van der Waals surface area contributed by atoms with Crippen molar-refractivity contribution in [3.63, 3.8) is 0 Å². The van der Waals surface area contributed by atoms with Crippen LogP contribution in [-0.2, 0) is 14.3 Å². The molecule has 1 saturated heterocycles. The number of rotatable bonds is 5. The Kier molecular flexibility index (Phi) is 5.13. The maximum atomic E-state index is 11.8. The number of hydrogen-bond acceptors (Lipinski definition) is 5. The second-order valence-corrected chi connectivity index (χ2v) is 6.43. The summed E-state index contributed by atoms with van der Waals surface area (Å²) in [5, 5.41) is 3.90. The van der Waals surface area contributed by atoms with E-state index in [2.05, 4.69) is 26.5 Å². The summed E-state index contributed by atoms with van der Waals surface area (Å²) in [6, 6.07) is 11.4. The van der Waals surface area contributed by atoms with Gasteiger partial charge in [-0.15, -0.1) is 0 Å². The van der Waals surface area contributed by atoms with Gasteiger partial charge in [0.1, 0.15) is 11.5 Å². The van der Waals surface area contributed by atoms with Gasteiger partial charge in [0, 0.05) is 10.0 Å². The van der Waals surface area contributed by atoms with E-state index in [0.29, 0.717) is 19.0 Å². The first-order chi connectivity index (χ1) is 11.5. The number of amides is 1. The van der Waals surface area contributed by atoms with Crippen molar-refractivity contribution in [2.45, 2.75) is 19.1 Å². The molecule has 1 aliphatic rings. The predicted molar refractivity (Wildman–Crippen MR) is 92.5 cm³/mol. The van der Waals surface area contributed by atoms with Gasteiger partial charge in [0.2, 0.25) is 5.91 Å². The van der Waals surface area contributed by atoms with Crippen molar-refractivity contribution >= 4 is 28.1 Å². The van der Waals surface area contributed by atoms with E-state index < -0.39 is 5.79 Å². The molecule has 0 saturated carbocycles. The largest absolute Gasteiger partial charge is 0.455 e. The second-order valence-electron chi connectivity index (χ2n) is 5.51. The number of nitrogens with one attached hydrogen (secondary N) is 1. The number of hydrazone groups is 1. The lowest BCUT2D eigenvalue weighted by Crippen LogP contribution is -2.33. The number of carbonyl (C=O) groups is 1. The van der Waals surface area contributed by atoms with Crippen LogP contribution in [0.3, 0.4) is 0 Å². The molecular weight excluding hydrogens is 376 g/mol. The molecular formula is C17H17BrN2O4. The van der Waals surface area contributed by atoms with Gasteiger partial charge in [-0.1, -0.05) is 28.1 Å². The van der Waals surface area contributed by atoms with Crippen LogP contribution in [0.25, 0.3) is 11.3 Å². The molecule has 1 aromatic heterocycles. The molecule has 0 aliphatic carbocycles. The Balaban J connectivity index is 1.55. The van der Waals surface area contributed by atoms with Crippen LogP contribution in [0.15, 0.2) is 50.4 Å². The monoisotopic (exact) mass is 392 g/mol. The Labute approximate surface area is 148 Å². The van der Waals surface area contributed by atoms with E-state index in [0.717, 1.165) is 15.8 Å². The molecule has 0 unspecified atom stereocenters. The number of benzene rings is 1. The highest BCUT2D eigenvalue weighted by molar-refractivity contribution is 9.10. The van der Waals surface area contributed by atoms with E-state index in [4.69, 9.17) is 13.9 Å². The molecule has 1 N–H and O–H groups in total. The maximum Gasteiger partial charge on any atom is 0.245 e. The molecule has 0 radical (unpaired) electrons. The summed E-state index contributed by atoms with van der Waals surface area (Å²) in [5.41, 5.74) is 3.41. The number of nitrogens with zero attached hydrogens (tertiary/aromatic N) is 1. The van der Waals surface area contributed by atoms with Gasteiger partial charge in [0.05, 0.1) is 25.8 Å². The SMILES string of the molecule is CC1(CC(=O)NN=Cc2ccc(-c3ccc(Br)cc3)o2)OCCO1. The van der Waals surface area contributed by atoms with Gasteiger partial charge in [-0.05, 0) is 31.2 Å². The third-order valence-corrected chi connectivity index (χ3v) is 4.05. The molecule has 7 heteroatoms. The molecule has 6 nitrogen and oxygen atoms in total. The van der Waals surface area contributed by atoms with Crippen molar-refractivity contribution in [1.82, 2.24) is 5.43 Å². The minimum atomic E-state index is -0.862. The van der Waals surface area contributed by atoms with Crippen molar-refractivity contribution in [3.8, 4) is 11.3 Å². The van der Waals surface area contributed by atoms with Crippen molar-refractivity contribution in [2.75, 3.05) is 13.2 Å². The first kappa shape index (κ1) is 16.9. The average Bonchev–Trinajstić information content (AvgIpc) is 3.17. The highest BCUT2D eigenvalue weighted by Gasteiger charge is 2.33. The smallest absolute Gasteiger partial charge is 0.245 e. The Bertz CT molecular complexity index is 733. The zero-order valence-corrected chi connectivity index (χ0v) is 14.7. The van der Waals surface area contributed by atoms with E-state index in [1.807, 2.05) is 30.3 Å². The van der Waals surface area contributed by atoms with Crippen LogP contribution >= 0.6 is 15.9 Å². The molecule has 0 spiro atoms. The summed E-state index contributed by atoms with van der Waals surface area (Å²) in [7, 11) is 0. The lowest BCUT2D eigenvalue weighted by molar-refractivity contribution is -0.159. The Morgan fingerprint density at radius 3 is 2.67 bits per heavy atom. The number of ether oxygens (including phenoxy) is 2. The number of hydrogen-bond donors (Lipinski definition) is 1. The zero-order valence-electron chi connectivity index (χ0n) is 13.1. The topological polar surface area (TPSA) is 73.1 Å². The fourth-order valence-corrected chi connectivity index (χ4v) is 2.61. The molecule has 1 amide bonds. The summed E-state index contributed by atoms with van der Waals surface area (Å²) in [6.07, 6.45) is 1.55. The van der Waals surface area contributed by atoms with Gasteiger partial charge in [-0.25, -0.2) is 5.43 Å². The van der Waals surface area contributed by atoms with Crippen LogP contribution in [0.4, 0.5) is 0 Å². The predicted octanol–water partition coefficient (Wildman–Crippen LogP) is 3.31. The first-order valence-corrected chi connectivity index (χ1v) is 8.29. The Morgan fingerprint density at radius 2 is 1.96 bits per heavy atom. The van der Waals surface area contributed by atoms with Gasteiger partial charge in [0.15, 0.2) is 5.79 Å². The molecule has 3 rings (SSSR count). The molecule has 2 heterocycles. The Hall–Kier alpha value is -1.96. The first-order valence-electron chi connectivity index (χ1n) is 7.50. The van der Waals surface area contributed by atoms with Crippen molar-refractivity contribution in [1.29, 1.82) is 0 Å². The summed E-state index contributed by atoms with van der Waals surface area (Å²) in [5.74, 6) is 0.137. The lowest BCUT2D eigenvalue weighted by atomic mass is 10.2. The highest BCUT2D eigenvalue weighted by Crippen LogP contribution is 2.24. The fourth-order valence-electron chi connectivity index (χ4n) is 2.35. The average molecular weight is 393 g/mol. The van der Waals surface area contributed by atoms with Gasteiger partial charge < -0.3 is 13.9 Å². The van der Waals surface area contributed by atoms with Crippen molar-refractivity contribution in [3.05, 3.63) is 46.6 Å². The number of carbonyl (C=O) groups excluding carboxylic acids is 1.